The highest BCUT2D eigenvalue weighted by Crippen LogP contribution is 2.14. The average molecular weight is 284 g/mol. The Morgan fingerprint density at radius 1 is 1.12 bits per heavy atom. The lowest BCUT2D eigenvalue weighted by atomic mass is 10.2. The molecule has 1 aliphatic heterocycles. The molecule has 1 rings (SSSR count). The largest absolute Gasteiger partial charge is 0.293 e. The Labute approximate surface area is 116 Å². The predicted octanol–water partition coefficient (Wildman–Crippen LogP) is 4.12. The van der Waals surface area contributed by atoms with Gasteiger partial charge >= 0.3 is 0 Å². The third kappa shape index (κ3) is 9.03. The molecule has 16 heavy (non-hydrogen) atoms. The number of unbranched alkanes of at least 4 members (excludes halogenated alkanes) is 3. The van der Waals surface area contributed by atoms with Gasteiger partial charge in [-0.1, -0.05) is 19.8 Å². The van der Waals surface area contributed by atoms with E-state index >= 15 is 0 Å². The van der Waals surface area contributed by atoms with Gasteiger partial charge in [0.15, 0.2) is 0 Å². The molecule has 1 heterocycles. The van der Waals surface area contributed by atoms with E-state index in [2.05, 4.69) is 35.3 Å². The van der Waals surface area contributed by atoms with E-state index in [4.69, 9.17) is 0 Å². The third-order valence-corrected chi connectivity index (χ3v) is 4.90. The van der Waals surface area contributed by atoms with Gasteiger partial charge in [-0.05, 0) is 37.3 Å². The Bertz CT molecular complexity index is 141. The SMILES string of the molecule is CCCCSCCCCCN1CCSC1.Cl. The van der Waals surface area contributed by atoms with E-state index < -0.39 is 0 Å². The smallest absolute Gasteiger partial charge is 0.0445 e. The monoisotopic (exact) mass is 283 g/mol. The standard InChI is InChI=1S/C12H25NS2.ClH/c1-2-3-9-14-10-6-4-5-7-13-8-11-15-12-13;/h2-12H2,1H3;1H. The molecule has 98 valence electrons. The molecule has 0 N–H and O–H groups in total. The maximum Gasteiger partial charge on any atom is 0.0445 e. The van der Waals surface area contributed by atoms with Crippen molar-refractivity contribution >= 4 is 35.9 Å². The first-order chi connectivity index (χ1) is 7.43. The van der Waals surface area contributed by atoms with Gasteiger partial charge in [-0.3, -0.25) is 4.90 Å². The van der Waals surface area contributed by atoms with Crippen molar-refractivity contribution in [2.75, 3.05) is 36.2 Å². The normalized spacial score (nSPS) is 16.3. The van der Waals surface area contributed by atoms with Gasteiger partial charge in [0, 0.05) is 18.2 Å². The molecule has 0 atom stereocenters. The second kappa shape index (κ2) is 12.4. The first-order valence-electron chi connectivity index (χ1n) is 6.31. The van der Waals surface area contributed by atoms with Gasteiger partial charge in [0.25, 0.3) is 0 Å². The van der Waals surface area contributed by atoms with Crippen molar-refractivity contribution in [1.82, 2.24) is 4.90 Å². The summed E-state index contributed by atoms with van der Waals surface area (Å²) in [6.07, 6.45) is 7.01. The van der Waals surface area contributed by atoms with Gasteiger partial charge in [0.2, 0.25) is 0 Å². The summed E-state index contributed by atoms with van der Waals surface area (Å²) < 4.78 is 0. The fourth-order valence-corrected chi connectivity index (χ4v) is 3.83. The molecule has 1 aliphatic rings. The van der Waals surface area contributed by atoms with Crippen molar-refractivity contribution in [2.45, 2.75) is 39.0 Å². The minimum atomic E-state index is 0. The summed E-state index contributed by atoms with van der Waals surface area (Å²) in [5, 5.41) is 0. The first kappa shape index (κ1) is 16.9. The van der Waals surface area contributed by atoms with Crippen LogP contribution in [0, 0.1) is 0 Å². The molecule has 0 aromatic carbocycles. The molecule has 0 aromatic heterocycles. The molecule has 0 unspecified atom stereocenters. The van der Waals surface area contributed by atoms with Crippen molar-refractivity contribution in [3.8, 4) is 0 Å². The second-order valence-electron chi connectivity index (χ2n) is 4.18. The second-order valence-corrected chi connectivity index (χ2v) is 6.48. The van der Waals surface area contributed by atoms with Crippen LogP contribution in [0.25, 0.3) is 0 Å². The lowest BCUT2D eigenvalue weighted by Crippen LogP contribution is -2.20. The zero-order chi connectivity index (χ0) is 10.8. The molecule has 1 nitrogen and oxygen atoms in total. The number of hydrogen-bond donors (Lipinski definition) is 0. The quantitative estimate of drug-likeness (QED) is 0.586. The highest BCUT2D eigenvalue weighted by molar-refractivity contribution is 7.99. The fourth-order valence-electron chi connectivity index (χ4n) is 1.69. The summed E-state index contributed by atoms with van der Waals surface area (Å²) in [7, 11) is 0. The number of nitrogens with zero attached hydrogens (tertiary/aromatic N) is 1. The highest BCUT2D eigenvalue weighted by Gasteiger charge is 2.10. The molecule has 0 aromatic rings. The summed E-state index contributed by atoms with van der Waals surface area (Å²) in [5.41, 5.74) is 0. The molecule has 0 amide bonds. The molecular weight excluding hydrogens is 258 g/mol. The number of halogens is 1. The van der Waals surface area contributed by atoms with Crippen LogP contribution < -0.4 is 0 Å². The molecule has 0 aliphatic carbocycles. The maximum absolute atomic E-state index is 2.59. The summed E-state index contributed by atoms with van der Waals surface area (Å²) in [5.74, 6) is 5.39. The molecule has 0 radical (unpaired) electrons. The Hall–Kier alpha value is 0.950. The Morgan fingerprint density at radius 3 is 2.62 bits per heavy atom. The Kier molecular flexibility index (Phi) is 13.1. The van der Waals surface area contributed by atoms with Crippen LogP contribution in [-0.2, 0) is 0 Å². The van der Waals surface area contributed by atoms with Gasteiger partial charge in [-0.15, -0.1) is 24.2 Å². The van der Waals surface area contributed by atoms with E-state index in [1.165, 1.54) is 68.3 Å². The van der Waals surface area contributed by atoms with E-state index in [0.717, 1.165) is 0 Å². The van der Waals surface area contributed by atoms with Crippen molar-refractivity contribution in [3.05, 3.63) is 0 Å². The Balaban J connectivity index is 0.00000225. The van der Waals surface area contributed by atoms with E-state index in [1.54, 1.807) is 0 Å². The molecule has 1 fully saturated rings. The van der Waals surface area contributed by atoms with Crippen LogP contribution >= 0.6 is 35.9 Å². The maximum atomic E-state index is 2.59. The van der Waals surface area contributed by atoms with Gasteiger partial charge in [0.1, 0.15) is 0 Å². The fraction of sp³-hybridized carbons (Fsp3) is 1.00. The van der Waals surface area contributed by atoms with Crippen LogP contribution in [0.3, 0.4) is 0 Å². The molecule has 4 heteroatoms. The van der Waals surface area contributed by atoms with Crippen LogP contribution in [0.4, 0.5) is 0 Å². The predicted molar refractivity (Wildman–Crippen MR) is 82.2 cm³/mol. The van der Waals surface area contributed by atoms with Crippen molar-refractivity contribution in [3.63, 3.8) is 0 Å². The van der Waals surface area contributed by atoms with E-state index in [1.807, 2.05) is 0 Å². The summed E-state index contributed by atoms with van der Waals surface area (Å²) in [4.78, 5) is 2.59. The van der Waals surface area contributed by atoms with Crippen molar-refractivity contribution < 1.29 is 0 Å². The third-order valence-electron chi connectivity index (χ3n) is 2.73. The number of thioether (sulfide) groups is 2. The minimum absolute atomic E-state index is 0. The molecule has 0 saturated carbocycles. The van der Waals surface area contributed by atoms with Crippen molar-refractivity contribution in [2.24, 2.45) is 0 Å². The molecule has 1 saturated heterocycles. The van der Waals surface area contributed by atoms with Crippen LogP contribution in [-0.4, -0.2) is 41.1 Å². The van der Waals surface area contributed by atoms with Crippen LogP contribution in [0.15, 0.2) is 0 Å². The molecule has 0 spiro atoms. The molecule has 0 bridgehead atoms. The van der Waals surface area contributed by atoms with Crippen LogP contribution in [0.2, 0.25) is 0 Å². The Morgan fingerprint density at radius 2 is 1.94 bits per heavy atom. The zero-order valence-corrected chi connectivity index (χ0v) is 12.9. The molecular formula is C12H26ClNS2. The van der Waals surface area contributed by atoms with E-state index in [0.29, 0.717) is 0 Å². The highest BCUT2D eigenvalue weighted by atomic mass is 35.5. The van der Waals surface area contributed by atoms with Crippen molar-refractivity contribution in [1.29, 1.82) is 0 Å². The van der Waals surface area contributed by atoms with E-state index in [9.17, 15) is 0 Å². The van der Waals surface area contributed by atoms with Gasteiger partial charge in [0.05, 0.1) is 0 Å². The van der Waals surface area contributed by atoms with Gasteiger partial charge < -0.3 is 0 Å². The number of rotatable bonds is 9. The van der Waals surface area contributed by atoms with Gasteiger partial charge in [-0.25, -0.2) is 0 Å². The minimum Gasteiger partial charge on any atom is -0.293 e. The lowest BCUT2D eigenvalue weighted by molar-refractivity contribution is 0.346. The van der Waals surface area contributed by atoms with Gasteiger partial charge in [-0.2, -0.15) is 11.8 Å². The van der Waals surface area contributed by atoms with E-state index in [-0.39, 0.29) is 12.4 Å². The number of hydrogen-bond acceptors (Lipinski definition) is 3. The zero-order valence-electron chi connectivity index (χ0n) is 10.5. The average Bonchev–Trinajstić information content (AvgIpc) is 2.75. The topological polar surface area (TPSA) is 3.24 Å². The van der Waals surface area contributed by atoms with Crippen LogP contribution in [0.5, 0.6) is 0 Å². The lowest BCUT2D eigenvalue weighted by Gasteiger charge is -2.12. The summed E-state index contributed by atoms with van der Waals surface area (Å²) in [6.45, 7) is 4.94. The first-order valence-corrected chi connectivity index (χ1v) is 8.62. The summed E-state index contributed by atoms with van der Waals surface area (Å²) >= 11 is 4.22. The summed E-state index contributed by atoms with van der Waals surface area (Å²) in [6, 6.07) is 0. The van der Waals surface area contributed by atoms with Crippen LogP contribution in [0.1, 0.15) is 39.0 Å².